The Morgan fingerprint density at radius 1 is 1.32 bits per heavy atom. The molecule has 1 aliphatic rings. The summed E-state index contributed by atoms with van der Waals surface area (Å²) in [5.41, 5.74) is 0.485. The van der Waals surface area contributed by atoms with Gasteiger partial charge in [-0.25, -0.2) is 8.42 Å². The number of sulfonamides is 1. The Labute approximate surface area is 112 Å². The molecule has 2 rings (SSSR count). The highest BCUT2D eigenvalue weighted by atomic mass is 32.2. The van der Waals surface area contributed by atoms with Crippen LogP contribution in [0.1, 0.15) is 30.1 Å². The molecule has 1 aromatic rings. The first-order valence-electron chi connectivity index (χ1n) is 6.20. The molecule has 0 aliphatic heterocycles. The van der Waals surface area contributed by atoms with E-state index in [4.69, 9.17) is 5.11 Å². The number of aliphatic hydroxyl groups excluding tert-OH is 1. The number of hydrogen-bond acceptors (Lipinski definition) is 4. The van der Waals surface area contributed by atoms with E-state index in [1.54, 1.807) is 0 Å². The largest absolute Gasteiger partial charge is 0.395 e. The van der Waals surface area contributed by atoms with Crippen molar-refractivity contribution in [1.82, 2.24) is 4.31 Å². The van der Waals surface area contributed by atoms with Gasteiger partial charge in [0.25, 0.3) is 0 Å². The van der Waals surface area contributed by atoms with Crippen LogP contribution in [0, 0.1) is 0 Å². The lowest BCUT2D eigenvalue weighted by Gasteiger charge is -2.20. The standard InChI is InChI=1S/C13H17NO4S/c1-10(16)11-2-6-13(7-3-11)19(17,18)14(8-9-15)12-4-5-12/h2-3,6-7,12,15H,4-5,8-9H2,1H3. The van der Waals surface area contributed by atoms with Crippen LogP contribution >= 0.6 is 0 Å². The summed E-state index contributed by atoms with van der Waals surface area (Å²) >= 11 is 0. The number of hydrogen-bond donors (Lipinski definition) is 1. The molecule has 0 spiro atoms. The maximum Gasteiger partial charge on any atom is 0.243 e. The van der Waals surface area contributed by atoms with Crippen LogP contribution in [0.3, 0.4) is 0 Å². The van der Waals surface area contributed by atoms with Gasteiger partial charge in [-0.15, -0.1) is 0 Å². The van der Waals surface area contributed by atoms with E-state index >= 15 is 0 Å². The first-order valence-corrected chi connectivity index (χ1v) is 7.64. The summed E-state index contributed by atoms with van der Waals surface area (Å²) < 4.78 is 26.2. The van der Waals surface area contributed by atoms with Gasteiger partial charge in [0.2, 0.25) is 10.0 Å². The van der Waals surface area contributed by atoms with Gasteiger partial charge in [0.05, 0.1) is 11.5 Å². The van der Waals surface area contributed by atoms with E-state index in [1.165, 1.54) is 35.5 Å². The predicted molar refractivity (Wildman–Crippen MR) is 70.4 cm³/mol. The molecule has 1 aromatic carbocycles. The second-order valence-corrected chi connectivity index (χ2v) is 6.54. The summed E-state index contributed by atoms with van der Waals surface area (Å²) in [7, 11) is -3.58. The molecular formula is C13H17NO4S. The third-order valence-corrected chi connectivity index (χ3v) is 5.11. The van der Waals surface area contributed by atoms with Gasteiger partial charge in [-0.3, -0.25) is 4.79 Å². The van der Waals surface area contributed by atoms with Crippen molar-refractivity contribution in [2.24, 2.45) is 0 Å². The zero-order valence-electron chi connectivity index (χ0n) is 10.7. The smallest absolute Gasteiger partial charge is 0.243 e. The van der Waals surface area contributed by atoms with E-state index in [0.29, 0.717) is 5.56 Å². The van der Waals surface area contributed by atoms with E-state index in [0.717, 1.165) is 12.8 Å². The SMILES string of the molecule is CC(=O)c1ccc(S(=O)(=O)N(CCO)C2CC2)cc1. The molecule has 19 heavy (non-hydrogen) atoms. The monoisotopic (exact) mass is 283 g/mol. The third kappa shape index (κ3) is 3.02. The number of benzene rings is 1. The van der Waals surface area contributed by atoms with Crippen LogP contribution in [0.5, 0.6) is 0 Å². The molecule has 0 heterocycles. The van der Waals surface area contributed by atoms with Crippen molar-refractivity contribution in [3.05, 3.63) is 29.8 Å². The maximum absolute atomic E-state index is 12.4. The quantitative estimate of drug-likeness (QED) is 0.791. The maximum atomic E-state index is 12.4. The molecule has 6 heteroatoms. The Bertz CT molecular complexity index is 561. The topological polar surface area (TPSA) is 74.7 Å². The highest BCUT2D eigenvalue weighted by molar-refractivity contribution is 7.89. The fraction of sp³-hybridized carbons (Fsp3) is 0.462. The van der Waals surface area contributed by atoms with Gasteiger partial charge < -0.3 is 5.11 Å². The van der Waals surface area contributed by atoms with Crippen LogP contribution in [-0.4, -0.2) is 42.8 Å². The normalized spacial score (nSPS) is 15.7. The second-order valence-electron chi connectivity index (χ2n) is 4.65. The molecule has 0 unspecified atom stereocenters. The van der Waals surface area contributed by atoms with Crippen molar-refractivity contribution < 1.29 is 18.3 Å². The highest BCUT2D eigenvalue weighted by Gasteiger charge is 2.37. The minimum Gasteiger partial charge on any atom is -0.395 e. The van der Waals surface area contributed by atoms with E-state index in [-0.39, 0.29) is 29.9 Å². The third-order valence-electron chi connectivity index (χ3n) is 3.14. The van der Waals surface area contributed by atoms with Crippen molar-refractivity contribution >= 4 is 15.8 Å². The number of carbonyl (C=O) groups excluding carboxylic acids is 1. The summed E-state index contributed by atoms with van der Waals surface area (Å²) in [4.78, 5) is 11.3. The van der Waals surface area contributed by atoms with Gasteiger partial charge in [-0.1, -0.05) is 12.1 Å². The molecule has 5 nitrogen and oxygen atoms in total. The van der Waals surface area contributed by atoms with Crippen molar-refractivity contribution in [3.63, 3.8) is 0 Å². The van der Waals surface area contributed by atoms with Gasteiger partial charge in [0, 0.05) is 18.2 Å². The number of aliphatic hydroxyl groups is 1. The zero-order valence-corrected chi connectivity index (χ0v) is 11.6. The summed E-state index contributed by atoms with van der Waals surface area (Å²) in [6, 6.07) is 5.92. The minimum absolute atomic E-state index is 0.00429. The zero-order chi connectivity index (χ0) is 14.0. The highest BCUT2D eigenvalue weighted by Crippen LogP contribution is 2.31. The Morgan fingerprint density at radius 2 is 1.89 bits per heavy atom. The molecule has 0 saturated heterocycles. The van der Waals surface area contributed by atoms with Crippen molar-refractivity contribution in [2.45, 2.75) is 30.7 Å². The average Bonchev–Trinajstić information content (AvgIpc) is 3.20. The van der Waals surface area contributed by atoms with Crippen molar-refractivity contribution in [1.29, 1.82) is 0 Å². The van der Waals surface area contributed by atoms with Gasteiger partial charge in [-0.2, -0.15) is 4.31 Å². The molecule has 1 N–H and O–H groups in total. The van der Waals surface area contributed by atoms with E-state index in [1.807, 2.05) is 0 Å². The van der Waals surface area contributed by atoms with Gasteiger partial charge in [-0.05, 0) is 31.9 Å². The first-order chi connectivity index (χ1) is 8.96. The number of rotatable bonds is 6. The molecule has 104 valence electrons. The van der Waals surface area contributed by atoms with Crippen LogP contribution in [-0.2, 0) is 10.0 Å². The average molecular weight is 283 g/mol. The van der Waals surface area contributed by atoms with Crippen LogP contribution in [0.25, 0.3) is 0 Å². The Morgan fingerprint density at radius 3 is 2.32 bits per heavy atom. The Balaban J connectivity index is 2.29. The van der Waals surface area contributed by atoms with Gasteiger partial charge in [0.15, 0.2) is 5.78 Å². The summed E-state index contributed by atoms with van der Waals surface area (Å²) in [5, 5.41) is 8.99. The molecule has 0 atom stereocenters. The molecule has 1 fully saturated rings. The van der Waals surface area contributed by atoms with E-state index in [9.17, 15) is 13.2 Å². The van der Waals surface area contributed by atoms with Gasteiger partial charge in [0.1, 0.15) is 0 Å². The van der Waals surface area contributed by atoms with E-state index < -0.39 is 10.0 Å². The van der Waals surface area contributed by atoms with Crippen LogP contribution in [0.2, 0.25) is 0 Å². The fourth-order valence-electron chi connectivity index (χ4n) is 1.96. The summed E-state index contributed by atoms with van der Waals surface area (Å²) in [5.74, 6) is -0.0987. The minimum atomic E-state index is -3.58. The fourth-order valence-corrected chi connectivity index (χ4v) is 3.63. The summed E-state index contributed by atoms with van der Waals surface area (Å²) in [6.07, 6.45) is 1.68. The second kappa shape index (κ2) is 5.40. The van der Waals surface area contributed by atoms with E-state index in [2.05, 4.69) is 0 Å². The lowest BCUT2D eigenvalue weighted by molar-refractivity contribution is 0.101. The Hall–Kier alpha value is -1.24. The Kier molecular flexibility index (Phi) is 4.03. The molecule has 0 aromatic heterocycles. The first kappa shape index (κ1) is 14.2. The number of nitrogens with zero attached hydrogens (tertiary/aromatic N) is 1. The number of Topliss-reactive ketones (excluding diaryl/α,β-unsaturated/α-hetero) is 1. The molecular weight excluding hydrogens is 266 g/mol. The van der Waals surface area contributed by atoms with Crippen molar-refractivity contribution in [3.8, 4) is 0 Å². The van der Waals surface area contributed by atoms with Gasteiger partial charge >= 0.3 is 0 Å². The molecule has 0 radical (unpaired) electrons. The number of carbonyl (C=O) groups is 1. The molecule has 0 amide bonds. The van der Waals surface area contributed by atoms with Crippen molar-refractivity contribution in [2.75, 3.05) is 13.2 Å². The lowest BCUT2D eigenvalue weighted by atomic mass is 10.2. The lowest BCUT2D eigenvalue weighted by Crippen LogP contribution is -2.35. The molecule has 1 aliphatic carbocycles. The predicted octanol–water partition coefficient (Wildman–Crippen LogP) is 1.03. The number of ketones is 1. The molecule has 1 saturated carbocycles. The van der Waals surface area contributed by atoms with Crippen LogP contribution < -0.4 is 0 Å². The molecule has 0 bridgehead atoms. The van der Waals surface area contributed by atoms with Crippen LogP contribution in [0.4, 0.5) is 0 Å². The summed E-state index contributed by atoms with van der Waals surface area (Å²) in [6.45, 7) is 1.36. The van der Waals surface area contributed by atoms with Crippen LogP contribution in [0.15, 0.2) is 29.2 Å².